The molecule has 2 N–H and O–H groups in total. The van der Waals surface area contributed by atoms with Gasteiger partial charge in [0.1, 0.15) is 5.60 Å². The highest BCUT2D eigenvalue weighted by Gasteiger charge is 2.19. The van der Waals surface area contributed by atoms with Crippen LogP contribution in [0.5, 0.6) is 5.75 Å². The van der Waals surface area contributed by atoms with Crippen LogP contribution in [0.3, 0.4) is 0 Å². The van der Waals surface area contributed by atoms with Gasteiger partial charge in [-0.3, -0.25) is 0 Å². The van der Waals surface area contributed by atoms with E-state index in [0.29, 0.717) is 5.56 Å². The molecule has 0 unspecified atom stereocenters. The van der Waals surface area contributed by atoms with E-state index >= 15 is 0 Å². The van der Waals surface area contributed by atoms with Crippen LogP contribution in [0.4, 0.5) is 4.39 Å². The number of rotatable bonds is 2. The summed E-state index contributed by atoms with van der Waals surface area (Å²) in [5.74, 6) is -0.0975. The summed E-state index contributed by atoms with van der Waals surface area (Å²) in [6.07, 6.45) is 0. The van der Waals surface area contributed by atoms with Crippen molar-refractivity contribution in [1.29, 1.82) is 0 Å². The molecule has 1 aromatic carbocycles. The number of ether oxygens (including phenoxy) is 1. The Morgan fingerprint density at radius 3 is 2.40 bits per heavy atom. The summed E-state index contributed by atoms with van der Waals surface area (Å²) in [7, 11) is 0. The van der Waals surface area contributed by atoms with Gasteiger partial charge in [-0.15, -0.1) is 0 Å². The molecule has 1 aromatic rings. The maximum atomic E-state index is 13.6. The third-order valence-corrected chi connectivity index (χ3v) is 1.90. The smallest absolute Gasteiger partial charge is 0.165 e. The van der Waals surface area contributed by atoms with Crippen molar-refractivity contribution in [3.8, 4) is 5.75 Å². The molecule has 3 heteroatoms. The van der Waals surface area contributed by atoms with Crippen LogP contribution in [0.1, 0.15) is 39.3 Å². The first kappa shape index (κ1) is 12.0. The molecule has 0 saturated carbocycles. The first-order valence-corrected chi connectivity index (χ1v) is 5.04. The zero-order valence-electron chi connectivity index (χ0n) is 9.67. The maximum Gasteiger partial charge on any atom is 0.165 e. The summed E-state index contributed by atoms with van der Waals surface area (Å²) >= 11 is 0. The Kier molecular flexibility index (Phi) is 3.35. The molecule has 0 fully saturated rings. The second-order valence-corrected chi connectivity index (χ2v) is 4.66. The molecule has 1 rings (SSSR count). The molecule has 2 nitrogen and oxygen atoms in total. The lowest BCUT2D eigenvalue weighted by molar-refractivity contribution is 0.122. The predicted molar refractivity (Wildman–Crippen MR) is 59.4 cm³/mol. The third-order valence-electron chi connectivity index (χ3n) is 1.90. The van der Waals surface area contributed by atoms with E-state index in [-0.39, 0.29) is 17.6 Å². The van der Waals surface area contributed by atoms with Crippen molar-refractivity contribution in [2.24, 2.45) is 5.73 Å². The fraction of sp³-hybridized carbons (Fsp3) is 0.500. The van der Waals surface area contributed by atoms with E-state index in [1.165, 1.54) is 6.07 Å². The number of hydrogen-bond donors (Lipinski definition) is 1. The van der Waals surface area contributed by atoms with Gasteiger partial charge >= 0.3 is 0 Å². The second-order valence-electron chi connectivity index (χ2n) is 4.66. The zero-order valence-corrected chi connectivity index (χ0v) is 9.67. The molecule has 0 amide bonds. The van der Waals surface area contributed by atoms with E-state index < -0.39 is 5.60 Å². The van der Waals surface area contributed by atoms with Crippen molar-refractivity contribution in [3.05, 3.63) is 29.6 Å². The normalized spacial score (nSPS) is 13.7. The van der Waals surface area contributed by atoms with Gasteiger partial charge in [0, 0.05) is 11.6 Å². The summed E-state index contributed by atoms with van der Waals surface area (Å²) in [6.45, 7) is 7.45. The van der Waals surface area contributed by atoms with E-state index in [9.17, 15) is 4.39 Å². The molecule has 0 radical (unpaired) electrons. The summed E-state index contributed by atoms with van der Waals surface area (Å²) in [4.78, 5) is 0. The molecule has 15 heavy (non-hydrogen) atoms. The number of para-hydroxylation sites is 1. The molecule has 0 aliphatic rings. The predicted octanol–water partition coefficient (Wildman–Crippen LogP) is 3.02. The molecular weight excluding hydrogens is 193 g/mol. The highest BCUT2D eigenvalue weighted by molar-refractivity contribution is 5.37. The monoisotopic (exact) mass is 211 g/mol. The van der Waals surface area contributed by atoms with E-state index in [1.54, 1.807) is 12.1 Å². The Morgan fingerprint density at radius 1 is 1.33 bits per heavy atom. The average molecular weight is 211 g/mol. The summed E-state index contributed by atoms with van der Waals surface area (Å²) in [5.41, 5.74) is 6.03. The van der Waals surface area contributed by atoms with Gasteiger partial charge in [0.25, 0.3) is 0 Å². The zero-order chi connectivity index (χ0) is 11.6. The van der Waals surface area contributed by atoms with Crippen LogP contribution in [0, 0.1) is 5.82 Å². The number of halogens is 1. The number of nitrogens with two attached hydrogens (primary N) is 1. The van der Waals surface area contributed by atoms with Crippen LogP contribution in [-0.4, -0.2) is 5.60 Å². The van der Waals surface area contributed by atoms with Crippen molar-refractivity contribution in [1.82, 2.24) is 0 Å². The molecule has 0 aliphatic heterocycles. The Hall–Kier alpha value is -1.09. The van der Waals surface area contributed by atoms with Gasteiger partial charge in [-0.25, -0.2) is 4.39 Å². The lowest BCUT2D eigenvalue weighted by Gasteiger charge is -2.24. The van der Waals surface area contributed by atoms with Crippen molar-refractivity contribution >= 4 is 0 Å². The average Bonchev–Trinajstić information content (AvgIpc) is 2.05. The van der Waals surface area contributed by atoms with Crippen LogP contribution < -0.4 is 10.5 Å². The molecule has 0 bridgehead atoms. The Bertz CT molecular complexity index is 342. The molecule has 0 heterocycles. The minimum atomic E-state index is -0.425. The quantitative estimate of drug-likeness (QED) is 0.816. The lowest BCUT2D eigenvalue weighted by atomic mass is 10.1. The van der Waals surface area contributed by atoms with Crippen molar-refractivity contribution in [2.75, 3.05) is 0 Å². The van der Waals surface area contributed by atoms with Crippen molar-refractivity contribution in [3.63, 3.8) is 0 Å². The molecule has 1 atom stereocenters. The molecule has 84 valence electrons. The van der Waals surface area contributed by atoms with Gasteiger partial charge in [0.05, 0.1) is 0 Å². The fourth-order valence-corrected chi connectivity index (χ4v) is 1.30. The highest BCUT2D eigenvalue weighted by atomic mass is 19.1. The van der Waals surface area contributed by atoms with E-state index in [0.717, 1.165) is 0 Å². The van der Waals surface area contributed by atoms with Crippen molar-refractivity contribution in [2.45, 2.75) is 39.3 Å². The largest absolute Gasteiger partial charge is 0.485 e. The SMILES string of the molecule is C[C@@H](N)c1cccc(F)c1OC(C)(C)C. The van der Waals surface area contributed by atoms with Crippen LogP contribution >= 0.6 is 0 Å². The molecular formula is C12H18FNO. The van der Waals surface area contributed by atoms with Gasteiger partial charge in [0.2, 0.25) is 0 Å². The number of benzene rings is 1. The summed E-state index contributed by atoms with van der Waals surface area (Å²) in [5, 5.41) is 0. The third kappa shape index (κ3) is 3.20. The minimum absolute atomic E-state index is 0.238. The molecule has 0 aliphatic carbocycles. The molecule has 0 saturated heterocycles. The van der Waals surface area contributed by atoms with Gasteiger partial charge in [-0.2, -0.15) is 0 Å². The molecule has 0 spiro atoms. The van der Waals surface area contributed by atoms with E-state index in [2.05, 4.69) is 0 Å². The molecule has 0 aromatic heterocycles. The van der Waals surface area contributed by atoms with Crippen LogP contribution in [0.2, 0.25) is 0 Å². The Balaban J connectivity index is 3.14. The maximum absolute atomic E-state index is 13.6. The van der Waals surface area contributed by atoms with Crippen LogP contribution in [-0.2, 0) is 0 Å². The van der Waals surface area contributed by atoms with Crippen LogP contribution in [0.15, 0.2) is 18.2 Å². The lowest BCUT2D eigenvalue weighted by Crippen LogP contribution is -2.25. The van der Waals surface area contributed by atoms with Crippen molar-refractivity contribution < 1.29 is 9.13 Å². The standard InChI is InChI=1S/C12H18FNO/c1-8(14)9-6-5-7-10(13)11(9)15-12(2,3)4/h5-8H,14H2,1-4H3/t8-/m1/s1. The van der Waals surface area contributed by atoms with Gasteiger partial charge in [-0.05, 0) is 33.8 Å². The van der Waals surface area contributed by atoms with Gasteiger partial charge in [0.15, 0.2) is 11.6 Å². The van der Waals surface area contributed by atoms with E-state index in [1.807, 2.05) is 27.7 Å². The summed E-state index contributed by atoms with van der Waals surface area (Å²) < 4.78 is 19.1. The van der Waals surface area contributed by atoms with E-state index in [4.69, 9.17) is 10.5 Å². The topological polar surface area (TPSA) is 35.2 Å². The fourth-order valence-electron chi connectivity index (χ4n) is 1.30. The number of hydrogen-bond acceptors (Lipinski definition) is 2. The van der Waals surface area contributed by atoms with Gasteiger partial charge < -0.3 is 10.5 Å². The summed E-state index contributed by atoms with van der Waals surface area (Å²) in [6, 6.07) is 4.57. The first-order valence-electron chi connectivity index (χ1n) is 5.04. The second kappa shape index (κ2) is 4.19. The van der Waals surface area contributed by atoms with Crippen LogP contribution in [0.25, 0.3) is 0 Å². The van der Waals surface area contributed by atoms with Gasteiger partial charge in [-0.1, -0.05) is 12.1 Å². The highest BCUT2D eigenvalue weighted by Crippen LogP contribution is 2.29. The Morgan fingerprint density at radius 2 is 1.93 bits per heavy atom. The first-order chi connectivity index (χ1) is 6.81. The Labute approximate surface area is 90.2 Å². The minimum Gasteiger partial charge on any atom is -0.485 e.